The van der Waals surface area contributed by atoms with Gasteiger partial charge in [-0.05, 0) is 24.3 Å². The zero-order valence-corrected chi connectivity index (χ0v) is 10.9. The van der Waals surface area contributed by atoms with Crippen molar-refractivity contribution in [2.45, 2.75) is 38.0 Å². The number of alkyl halides is 2. The maximum atomic E-state index is 13.4. The van der Waals surface area contributed by atoms with Crippen LogP contribution < -0.4 is 4.74 Å². The molecule has 19 heavy (non-hydrogen) atoms. The monoisotopic (exact) mass is 276 g/mol. The summed E-state index contributed by atoms with van der Waals surface area (Å²) in [5.41, 5.74) is 0.476. The molecular formula is C14H16F4O. The van der Waals surface area contributed by atoms with E-state index < -0.39 is 17.6 Å². The molecule has 0 heterocycles. The van der Waals surface area contributed by atoms with E-state index in [0.29, 0.717) is 5.56 Å². The summed E-state index contributed by atoms with van der Waals surface area (Å²) in [5, 5.41) is 0. The third-order valence-electron chi connectivity index (χ3n) is 3.80. The predicted molar refractivity (Wildman–Crippen MR) is 63.6 cm³/mol. The van der Waals surface area contributed by atoms with Crippen LogP contribution in [0.15, 0.2) is 12.1 Å². The molecule has 1 fully saturated rings. The molecule has 0 aliphatic heterocycles. The number of benzene rings is 1. The van der Waals surface area contributed by atoms with E-state index in [9.17, 15) is 17.6 Å². The van der Waals surface area contributed by atoms with Crippen LogP contribution in [-0.2, 0) is 0 Å². The van der Waals surface area contributed by atoms with E-state index in [1.807, 2.05) is 0 Å². The van der Waals surface area contributed by atoms with Crippen LogP contribution in [0, 0.1) is 17.6 Å². The van der Waals surface area contributed by atoms with Gasteiger partial charge in [-0.2, -0.15) is 0 Å². The lowest BCUT2D eigenvalue weighted by Gasteiger charge is -2.34. The maximum absolute atomic E-state index is 13.4. The van der Waals surface area contributed by atoms with Crippen LogP contribution in [0.2, 0.25) is 0 Å². The Hall–Kier alpha value is -1.26. The second kappa shape index (κ2) is 5.02. The van der Waals surface area contributed by atoms with Gasteiger partial charge < -0.3 is 4.74 Å². The molecule has 1 unspecified atom stereocenters. The van der Waals surface area contributed by atoms with Gasteiger partial charge in [-0.3, -0.25) is 0 Å². The van der Waals surface area contributed by atoms with Crippen molar-refractivity contribution < 1.29 is 22.3 Å². The summed E-state index contributed by atoms with van der Waals surface area (Å²) in [6, 6.07) is 2.04. The van der Waals surface area contributed by atoms with Gasteiger partial charge in [0.15, 0.2) is 11.6 Å². The minimum atomic E-state index is -2.66. The Morgan fingerprint density at radius 2 is 1.84 bits per heavy atom. The average molecular weight is 276 g/mol. The van der Waals surface area contributed by atoms with E-state index >= 15 is 0 Å². The molecule has 5 heteroatoms. The fourth-order valence-corrected chi connectivity index (χ4v) is 2.84. The van der Waals surface area contributed by atoms with Crippen molar-refractivity contribution in [1.29, 1.82) is 0 Å². The fourth-order valence-electron chi connectivity index (χ4n) is 2.84. The molecule has 1 aliphatic carbocycles. The number of hydrogen-bond acceptors (Lipinski definition) is 1. The first-order valence-corrected chi connectivity index (χ1v) is 6.25. The first kappa shape index (κ1) is 14.2. The van der Waals surface area contributed by atoms with Crippen LogP contribution in [-0.4, -0.2) is 13.0 Å². The van der Waals surface area contributed by atoms with Crippen LogP contribution in [0.3, 0.4) is 0 Å². The summed E-state index contributed by atoms with van der Waals surface area (Å²) >= 11 is 0. The lowest BCUT2D eigenvalue weighted by atomic mass is 9.74. The summed E-state index contributed by atoms with van der Waals surface area (Å²) in [5.74, 6) is -4.94. The smallest absolute Gasteiger partial charge is 0.248 e. The Morgan fingerprint density at radius 3 is 2.42 bits per heavy atom. The van der Waals surface area contributed by atoms with Gasteiger partial charge in [0.25, 0.3) is 0 Å². The SMILES string of the molecule is COc1cc(F)c(F)cc1[C@@H]1CCC(F)(F)CC1C. The second-order valence-corrected chi connectivity index (χ2v) is 5.19. The summed E-state index contributed by atoms with van der Waals surface area (Å²) in [7, 11) is 1.36. The van der Waals surface area contributed by atoms with E-state index in [1.54, 1.807) is 6.92 Å². The quantitative estimate of drug-likeness (QED) is 0.722. The lowest BCUT2D eigenvalue weighted by molar-refractivity contribution is -0.0557. The highest BCUT2D eigenvalue weighted by Gasteiger charge is 2.40. The first-order valence-electron chi connectivity index (χ1n) is 6.25. The number of methoxy groups -OCH3 is 1. The zero-order chi connectivity index (χ0) is 14.2. The van der Waals surface area contributed by atoms with Crippen molar-refractivity contribution in [3.63, 3.8) is 0 Å². The minimum absolute atomic E-state index is 0.223. The van der Waals surface area contributed by atoms with Gasteiger partial charge >= 0.3 is 0 Å². The highest BCUT2D eigenvalue weighted by Crippen LogP contribution is 2.47. The number of rotatable bonds is 2. The van der Waals surface area contributed by atoms with Gasteiger partial charge in [0.1, 0.15) is 5.75 Å². The molecule has 1 aromatic rings. The molecule has 0 amide bonds. The molecule has 0 spiro atoms. The molecular weight excluding hydrogens is 260 g/mol. The summed E-state index contributed by atoms with van der Waals surface area (Å²) in [6.45, 7) is 1.71. The van der Waals surface area contributed by atoms with E-state index in [-0.39, 0.29) is 36.8 Å². The molecule has 0 aromatic heterocycles. The number of ether oxygens (including phenoxy) is 1. The topological polar surface area (TPSA) is 9.23 Å². The van der Waals surface area contributed by atoms with Crippen LogP contribution in [0.1, 0.15) is 37.7 Å². The molecule has 0 bridgehead atoms. The highest BCUT2D eigenvalue weighted by atomic mass is 19.3. The largest absolute Gasteiger partial charge is 0.496 e. The molecule has 1 saturated carbocycles. The second-order valence-electron chi connectivity index (χ2n) is 5.19. The van der Waals surface area contributed by atoms with Crippen LogP contribution in [0.4, 0.5) is 17.6 Å². The van der Waals surface area contributed by atoms with Crippen molar-refractivity contribution >= 4 is 0 Å². The lowest BCUT2D eigenvalue weighted by Crippen LogP contribution is -2.30. The molecule has 0 saturated heterocycles. The zero-order valence-electron chi connectivity index (χ0n) is 10.9. The Bertz CT molecular complexity index is 473. The standard InChI is InChI=1S/C14H16F4O/c1-8-7-14(17,18)4-3-9(8)10-5-11(15)12(16)6-13(10)19-2/h5-6,8-9H,3-4,7H2,1-2H3/t8?,9-/m1/s1. The third-order valence-corrected chi connectivity index (χ3v) is 3.80. The van der Waals surface area contributed by atoms with Gasteiger partial charge in [-0.25, -0.2) is 17.6 Å². The molecule has 106 valence electrons. The van der Waals surface area contributed by atoms with E-state index in [2.05, 4.69) is 0 Å². The van der Waals surface area contributed by atoms with Crippen molar-refractivity contribution in [2.24, 2.45) is 5.92 Å². The van der Waals surface area contributed by atoms with E-state index in [1.165, 1.54) is 7.11 Å². The Labute approximate surface area is 109 Å². The third kappa shape index (κ3) is 2.85. The van der Waals surface area contributed by atoms with Crippen LogP contribution >= 0.6 is 0 Å². The molecule has 1 aliphatic rings. The molecule has 1 nitrogen and oxygen atoms in total. The Morgan fingerprint density at radius 1 is 1.21 bits per heavy atom. The molecule has 1 aromatic carbocycles. The predicted octanol–water partition coefficient (Wildman–Crippen LogP) is 4.51. The van der Waals surface area contributed by atoms with Gasteiger partial charge in [0.2, 0.25) is 5.92 Å². The van der Waals surface area contributed by atoms with Gasteiger partial charge in [0, 0.05) is 24.5 Å². The molecule has 2 rings (SSSR count). The van der Waals surface area contributed by atoms with Crippen molar-refractivity contribution in [2.75, 3.05) is 7.11 Å². The van der Waals surface area contributed by atoms with Crippen LogP contribution in [0.5, 0.6) is 5.75 Å². The van der Waals surface area contributed by atoms with Crippen molar-refractivity contribution in [3.8, 4) is 5.75 Å². The average Bonchev–Trinajstić information content (AvgIpc) is 2.31. The number of halogens is 4. The van der Waals surface area contributed by atoms with E-state index in [4.69, 9.17) is 4.74 Å². The van der Waals surface area contributed by atoms with E-state index in [0.717, 1.165) is 12.1 Å². The summed E-state index contributed by atoms with van der Waals surface area (Å²) in [6.07, 6.45) is -0.223. The fraction of sp³-hybridized carbons (Fsp3) is 0.571. The maximum Gasteiger partial charge on any atom is 0.248 e. The molecule has 2 atom stereocenters. The summed E-state index contributed by atoms with van der Waals surface area (Å²) in [4.78, 5) is 0. The van der Waals surface area contributed by atoms with Gasteiger partial charge in [0.05, 0.1) is 7.11 Å². The number of hydrogen-bond donors (Lipinski definition) is 0. The Kier molecular flexibility index (Phi) is 3.74. The Balaban J connectivity index is 2.34. The highest BCUT2D eigenvalue weighted by molar-refractivity contribution is 5.38. The summed E-state index contributed by atoms with van der Waals surface area (Å²) < 4.78 is 58.2. The minimum Gasteiger partial charge on any atom is -0.496 e. The van der Waals surface area contributed by atoms with Crippen molar-refractivity contribution in [1.82, 2.24) is 0 Å². The van der Waals surface area contributed by atoms with Gasteiger partial charge in [-0.15, -0.1) is 0 Å². The van der Waals surface area contributed by atoms with Gasteiger partial charge in [-0.1, -0.05) is 6.92 Å². The normalized spacial score (nSPS) is 26.2. The van der Waals surface area contributed by atoms with Crippen LogP contribution in [0.25, 0.3) is 0 Å². The van der Waals surface area contributed by atoms with Crippen molar-refractivity contribution in [3.05, 3.63) is 29.3 Å². The molecule has 0 N–H and O–H groups in total. The first-order chi connectivity index (χ1) is 8.84. The molecule has 0 radical (unpaired) electrons.